The molecule has 12 rings (SSSR count). The molecule has 10 heterocycles. The van der Waals surface area contributed by atoms with Crippen molar-refractivity contribution in [2.75, 3.05) is 31.3 Å². The normalized spacial score (nSPS) is 45.0. The van der Waals surface area contributed by atoms with Crippen molar-refractivity contribution in [3.05, 3.63) is 59.7 Å². The minimum absolute atomic E-state index is 0.297. The Labute approximate surface area is 296 Å². The number of anilines is 2. The van der Waals surface area contributed by atoms with Gasteiger partial charge in [-0.3, -0.25) is 29.0 Å². The van der Waals surface area contributed by atoms with Crippen molar-refractivity contribution in [2.45, 2.75) is 68.7 Å². The van der Waals surface area contributed by atoms with E-state index < -0.39 is 79.2 Å². The summed E-state index contributed by atoms with van der Waals surface area (Å²) in [5.74, 6) is -2.18. The van der Waals surface area contributed by atoms with Crippen LogP contribution in [0.15, 0.2) is 48.5 Å². The number of carbonyl (C=O) groups excluding carboxylic acids is 4. The molecule has 5 N–H and O–H groups in total. The molecule has 10 atom stereocenters. The maximum atomic E-state index is 15.1. The summed E-state index contributed by atoms with van der Waals surface area (Å²) >= 11 is 0. The topological polar surface area (TPSA) is 166 Å². The minimum atomic E-state index is -1.87. The van der Waals surface area contributed by atoms with Gasteiger partial charge in [0.15, 0.2) is 4.87 Å². The van der Waals surface area contributed by atoms with Crippen LogP contribution in [0, 0.1) is 5.92 Å². The molecule has 8 saturated heterocycles. The Morgan fingerprint density at radius 2 is 1.16 bits per heavy atom. The molecule has 0 radical (unpaired) electrons. The molecular formula is C32H32N6O7S4. The van der Waals surface area contributed by atoms with E-state index in [0.29, 0.717) is 22.5 Å². The number of nitrogens with zero attached hydrogens (tertiary/aromatic N) is 4. The molecule has 0 saturated carbocycles. The number of piperazine rings is 2. The van der Waals surface area contributed by atoms with Gasteiger partial charge in [0.05, 0.1) is 17.4 Å². The van der Waals surface area contributed by atoms with Gasteiger partial charge in [0, 0.05) is 25.5 Å². The summed E-state index contributed by atoms with van der Waals surface area (Å²) in [6, 6.07) is 14.6. The molecule has 2 aromatic rings. The highest BCUT2D eigenvalue weighted by Gasteiger charge is 2.93. The minimum Gasteiger partial charge on any atom is -0.392 e. The first-order valence-electron chi connectivity index (χ1n) is 16.0. The number of amides is 4. The summed E-state index contributed by atoms with van der Waals surface area (Å²) < 4.78 is 0. The Bertz CT molecular complexity index is 1980. The molecule has 1 unspecified atom stereocenters. The first kappa shape index (κ1) is 31.0. The lowest BCUT2D eigenvalue weighted by Crippen LogP contribution is -2.79. The average Bonchev–Trinajstić information content (AvgIpc) is 3.75. The van der Waals surface area contributed by atoms with Gasteiger partial charge in [-0.2, -0.15) is 0 Å². The van der Waals surface area contributed by atoms with Crippen LogP contribution in [-0.4, -0.2) is 123 Å². The molecular weight excluding hydrogens is 709 g/mol. The van der Waals surface area contributed by atoms with Crippen LogP contribution < -0.4 is 10.6 Å². The summed E-state index contributed by atoms with van der Waals surface area (Å²) in [6.45, 7) is 3.13. The zero-order valence-electron chi connectivity index (χ0n) is 26.6. The van der Waals surface area contributed by atoms with Crippen molar-refractivity contribution in [1.29, 1.82) is 0 Å². The van der Waals surface area contributed by atoms with E-state index in [9.17, 15) is 29.7 Å². The monoisotopic (exact) mass is 740 g/mol. The molecule has 2 aromatic carbocycles. The van der Waals surface area contributed by atoms with Crippen molar-refractivity contribution in [2.24, 2.45) is 5.92 Å². The van der Waals surface area contributed by atoms with Gasteiger partial charge in [-0.25, -0.2) is 0 Å². The third kappa shape index (κ3) is 2.63. The van der Waals surface area contributed by atoms with E-state index in [1.807, 2.05) is 56.3 Å². The van der Waals surface area contributed by atoms with E-state index in [-0.39, 0.29) is 11.8 Å². The Balaban J connectivity index is 1.34. The molecule has 4 bridgehead atoms. The zero-order valence-corrected chi connectivity index (χ0v) is 29.9. The molecule has 0 aromatic heterocycles. The third-order valence-corrected chi connectivity index (χ3v) is 20.2. The van der Waals surface area contributed by atoms with Gasteiger partial charge in [-0.15, -0.1) is 0 Å². The quantitative estimate of drug-likeness (QED) is 0.283. The summed E-state index contributed by atoms with van der Waals surface area (Å²) in [4.78, 5) is 58.4. The summed E-state index contributed by atoms with van der Waals surface area (Å²) in [5.41, 5.74) is -1.13. The largest absolute Gasteiger partial charge is 0.392 e. The van der Waals surface area contributed by atoms with Crippen LogP contribution in [0.4, 0.5) is 11.4 Å². The van der Waals surface area contributed by atoms with Crippen LogP contribution >= 0.6 is 43.2 Å². The SMILES string of the molecule is CC(C)[C@@]12SS[C@]3(C(=O)N1C)[C@@H](O)C1([C@]45c6ccccc6N[C@H]4N4C(=O)[C@@]6(CO)SS[C@@]4(C(=O)N6C)[C@H]5O)c4ccccc4N[C@@H]1N3C2=O. The number of para-hydroxylation sites is 2. The molecule has 8 fully saturated rings. The third-order valence-electron chi connectivity index (χ3n) is 12.7. The Hall–Kier alpha value is -2.80. The van der Waals surface area contributed by atoms with Gasteiger partial charge in [0.25, 0.3) is 23.6 Å². The van der Waals surface area contributed by atoms with E-state index in [1.54, 1.807) is 13.1 Å². The summed E-state index contributed by atoms with van der Waals surface area (Å²) in [5, 5.41) is 44.5. The van der Waals surface area contributed by atoms with Gasteiger partial charge < -0.3 is 35.8 Å². The lowest BCUT2D eigenvalue weighted by Gasteiger charge is -2.60. The number of carbonyl (C=O) groups is 4. The maximum Gasteiger partial charge on any atom is 0.265 e. The molecule has 10 aliphatic heterocycles. The van der Waals surface area contributed by atoms with Crippen molar-refractivity contribution in [1.82, 2.24) is 19.6 Å². The van der Waals surface area contributed by atoms with Crippen molar-refractivity contribution in [3.8, 4) is 0 Å². The second-order valence-corrected chi connectivity index (χ2v) is 19.5. The van der Waals surface area contributed by atoms with Crippen LogP contribution in [-0.2, 0) is 30.0 Å². The Kier molecular flexibility index (Phi) is 5.67. The van der Waals surface area contributed by atoms with E-state index >= 15 is 4.79 Å². The van der Waals surface area contributed by atoms with Gasteiger partial charge in [0.2, 0.25) is 14.6 Å². The average molecular weight is 741 g/mol. The van der Waals surface area contributed by atoms with E-state index in [0.717, 1.165) is 21.6 Å². The number of hydrogen-bond acceptors (Lipinski definition) is 13. The fourth-order valence-electron chi connectivity index (χ4n) is 10.5. The number of benzene rings is 2. The van der Waals surface area contributed by atoms with Crippen molar-refractivity contribution < 1.29 is 34.5 Å². The lowest BCUT2D eigenvalue weighted by atomic mass is 9.52. The molecule has 10 aliphatic rings. The number of nitrogens with one attached hydrogen (secondary N) is 2. The van der Waals surface area contributed by atoms with E-state index in [4.69, 9.17) is 0 Å². The first-order valence-corrected chi connectivity index (χ1v) is 20.3. The predicted molar refractivity (Wildman–Crippen MR) is 186 cm³/mol. The molecule has 49 heavy (non-hydrogen) atoms. The zero-order chi connectivity index (χ0) is 34.4. The predicted octanol–water partition coefficient (Wildman–Crippen LogP) is 0.939. The number of hydrogen-bond donors (Lipinski definition) is 5. The maximum absolute atomic E-state index is 15.1. The highest BCUT2D eigenvalue weighted by Crippen LogP contribution is 2.78. The van der Waals surface area contributed by atoms with Crippen LogP contribution in [0.5, 0.6) is 0 Å². The molecule has 2 spiro atoms. The second-order valence-electron chi connectivity index (χ2n) is 14.3. The number of fused-ring (bicyclic) bond motifs is 11. The molecule has 13 nitrogen and oxygen atoms in total. The van der Waals surface area contributed by atoms with E-state index in [1.165, 1.54) is 48.2 Å². The van der Waals surface area contributed by atoms with Gasteiger partial charge in [0.1, 0.15) is 24.5 Å². The highest BCUT2D eigenvalue weighted by molar-refractivity contribution is 8.78. The second kappa shape index (κ2) is 8.97. The molecule has 4 amide bonds. The summed E-state index contributed by atoms with van der Waals surface area (Å²) in [7, 11) is 7.57. The van der Waals surface area contributed by atoms with Crippen molar-refractivity contribution >= 4 is 78.2 Å². The Morgan fingerprint density at radius 1 is 0.694 bits per heavy atom. The van der Waals surface area contributed by atoms with Crippen LogP contribution in [0.3, 0.4) is 0 Å². The lowest BCUT2D eigenvalue weighted by molar-refractivity contribution is -0.169. The molecule has 0 aliphatic carbocycles. The highest BCUT2D eigenvalue weighted by atomic mass is 33.1. The van der Waals surface area contributed by atoms with Gasteiger partial charge in [-0.1, -0.05) is 61.0 Å². The number of rotatable bonds is 3. The van der Waals surface area contributed by atoms with E-state index in [2.05, 4.69) is 10.6 Å². The van der Waals surface area contributed by atoms with Crippen molar-refractivity contribution in [3.63, 3.8) is 0 Å². The molecule has 256 valence electrons. The number of likely N-dealkylation sites (N-methyl/N-ethyl adjacent to an activating group) is 2. The number of aliphatic hydroxyl groups excluding tert-OH is 3. The van der Waals surface area contributed by atoms with Gasteiger partial charge in [-0.05, 0) is 61.6 Å². The number of aliphatic hydroxyl groups is 3. The van der Waals surface area contributed by atoms with Crippen LogP contribution in [0.2, 0.25) is 0 Å². The summed E-state index contributed by atoms with van der Waals surface area (Å²) in [6.07, 6.45) is -5.53. The van der Waals surface area contributed by atoms with Crippen LogP contribution in [0.1, 0.15) is 25.0 Å². The smallest absolute Gasteiger partial charge is 0.265 e. The first-order chi connectivity index (χ1) is 23.3. The fraction of sp³-hybridized carbons (Fsp3) is 0.500. The van der Waals surface area contributed by atoms with Gasteiger partial charge >= 0.3 is 0 Å². The fourth-order valence-corrected chi connectivity index (χ4v) is 18.4. The standard InChI is InChI=1S/C32H32N6O7S4/c1-14(2)30-26(45)38-22-29(16-10-6-8-12-18(16)34-22,20(41)32(38,49-47-30)25(44)36(30)4)28-15-9-5-7-11-17(15)33-21(28)37-23(42)27(13-39)35(3)24(43)31(37,19(28)40)48-46-27/h5-12,14,19-22,33-34,39-41H,13H2,1-4H3/t19-,20-,21-,22+,27+,28-,29?,30-,31+,32-/m0/s1. The van der Waals surface area contributed by atoms with Crippen LogP contribution in [0.25, 0.3) is 0 Å². The molecule has 17 heteroatoms. The Morgan fingerprint density at radius 3 is 1.67 bits per heavy atom.